The monoisotopic (exact) mass is 562 g/mol. The first-order chi connectivity index (χ1) is 18.5. The molecule has 7 nitrogen and oxygen atoms in total. The molecule has 8 atom stereocenters. The van der Waals surface area contributed by atoms with E-state index in [9.17, 15) is 24.3 Å². The van der Waals surface area contributed by atoms with Gasteiger partial charge in [-0.2, -0.15) is 10.5 Å². The second-order valence-corrected chi connectivity index (χ2v) is 17.3. The number of hydrogen-bond donors (Lipinski definition) is 1. The summed E-state index contributed by atoms with van der Waals surface area (Å²) < 4.78 is 20.5. The first kappa shape index (κ1) is 27.9. The maximum Gasteiger partial charge on any atom is 0.215 e. The summed E-state index contributed by atoms with van der Waals surface area (Å²) in [5.74, 6) is -0.158. The molecular weight excluding hydrogens is 520 g/mol. The minimum Gasteiger partial charge on any atom is -0.295 e. The van der Waals surface area contributed by atoms with Gasteiger partial charge in [0.15, 0.2) is 11.6 Å². The first-order valence-electron chi connectivity index (χ1n) is 14.9. The van der Waals surface area contributed by atoms with Crippen molar-refractivity contribution in [2.45, 2.75) is 97.9 Å². The Morgan fingerprint density at radius 2 is 1.65 bits per heavy atom. The second-order valence-electron chi connectivity index (χ2n) is 15.3. The number of fused-ring (bicyclic) bond motifs is 7. The molecule has 0 aromatic carbocycles. The molecule has 4 saturated carbocycles. The molecule has 0 aliphatic heterocycles. The van der Waals surface area contributed by atoms with E-state index in [-0.39, 0.29) is 51.1 Å². The summed E-state index contributed by atoms with van der Waals surface area (Å²) in [6.07, 6.45) is 15.6. The lowest BCUT2D eigenvalue weighted by Crippen LogP contribution is -2.69. The van der Waals surface area contributed by atoms with Gasteiger partial charge in [0.05, 0.1) is 5.57 Å². The Morgan fingerprint density at radius 1 is 1.00 bits per heavy atom. The summed E-state index contributed by atoms with van der Waals surface area (Å²) in [5.41, 5.74) is -0.756. The standard InChI is InChI=1S/C32H42N4O3S/c1-27(2)23-7-8-29(4)24(28(23,3)16-20(18-33)26(27)38)15-22(37)25-21-17-31(10-11-31)12-14-32(21,13-9-30(25,29)5)36-40(6,39)35-19-34/h15-16,21,23,25H,7-14,17H2,1-6H3,(H,35,36,39)/t21?,23-,25-,28-,29+,30+,32+,40?/m0/s1. The number of hydrogen-bond acceptors (Lipinski definition) is 6. The van der Waals surface area contributed by atoms with Crippen molar-refractivity contribution in [1.82, 2.24) is 4.72 Å². The zero-order chi connectivity index (χ0) is 29.1. The Kier molecular flexibility index (Phi) is 5.69. The van der Waals surface area contributed by atoms with Crippen molar-refractivity contribution in [1.29, 1.82) is 10.5 Å². The van der Waals surface area contributed by atoms with Crippen LogP contribution in [-0.4, -0.2) is 27.6 Å². The van der Waals surface area contributed by atoms with Crippen molar-refractivity contribution >= 4 is 21.5 Å². The van der Waals surface area contributed by atoms with E-state index in [0.717, 1.165) is 50.5 Å². The van der Waals surface area contributed by atoms with E-state index in [0.29, 0.717) is 0 Å². The van der Waals surface area contributed by atoms with E-state index in [2.05, 4.69) is 35.9 Å². The van der Waals surface area contributed by atoms with Crippen molar-refractivity contribution in [2.75, 3.05) is 6.26 Å². The fourth-order valence-corrected chi connectivity index (χ4v) is 12.0. The molecule has 1 N–H and O–H groups in total. The van der Waals surface area contributed by atoms with Crippen LogP contribution in [0.3, 0.4) is 0 Å². The van der Waals surface area contributed by atoms with Crippen LogP contribution in [0.15, 0.2) is 27.7 Å². The molecule has 1 spiro atoms. The molecule has 0 bridgehead atoms. The van der Waals surface area contributed by atoms with Crippen LogP contribution >= 0.6 is 0 Å². The minimum atomic E-state index is -2.93. The van der Waals surface area contributed by atoms with Crippen LogP contribution in [-0.2, 0) is 19.5 Å². The molecule has 0 aromatic heterocycles. The normalized spacial score (nSPS) is 45.6. The average Bonchev–Trinajstić information content (AvgIpc) is 3.62. The highest BCUT2D eigenvalue weighted by atomic mass is 32.2. The van der Waals surface area contributed by atoms with Gasteiger partial charge >= 0.3 is 0 Å². The lowest BCUT2D eigenvalue weighted by Gasteiger charge is -2.69. The number of nitriles is 2. The minimum absolute atomic E-state index is 0.0133. The molecule has 8 heteroatoms. The molecule has 2 unspecified atom stereocenters. The molecule has 0 heterocycles. The number of carbonyl (C=O) groups is 2. The summed E-state index contributed by atoms with van der Waals surface area (Å²) >= 11 is 0. The molecule has 0 saturated heterocycles. The third-order valence-corrected chi connectivity index (χ3v) is 14.4. The first-order valence-corrected chi connectivity index (χ1v) is 16.8. The third-order valence-electron chi connectivity index (χ3n) is 13.2. The molecular formula is C32H42N4O3S. The summed E-state index contributed by atoms with van der Waals surface area (Å²) in [4.78, 5) is 27.8. The Morgan fingerprint density at radius 3 is 2.27 bits per heavy atom. The summed E-state index contributed by atoms with van der Waals surface area (Å²) in [6, 6.07) is 2.17. The molecule has 6 aliphatic rings. The van der Waals surface area contributed by atoms with Gasteiger partial charge in [0, 0.05) is 28.5 Å². The molecule has 6 aliphatic carbocycles. The highest BCUT2D eigenvalue weighted by molar-refractivity contribution is 7.91. The Hall–Kier alpha value is -2.29. The van der Waals surface area contributed by atoms with E-state index in [4.69, 9.17) is 0 Å². The molecule has 214 valence electrons. The van der Waals surface area contributed by atoms with Crippen LogP contribution in [0.1, 0.15) is 92.4 Å². The fraction of sp³-hybridized carbons (Fsp3) is 0.750. The maximum atomic E-state index is 14.5. The molecule has 0 aromatic rings. The van der Waals surface area contributed by atoms with Gasteiger partial charge < -0.3 is 0 Å². The van der Waals surface area contributed by atoms with Crippen LogP contribution in [0.25, 0.3) is 0 Å². The lowest BCUT2D eigenvalue weighted by molar-refractivity contribution is -0.157. The number of allylic oxidation sites excluding steroid dienone is 4. The van der Waals surface area contributed by atoms with E-state index >= 15 is 0 Å². The van der Waals surface area contributed by atoms with Crippen LogP contribution in [0.4, 0.5) is 0 Å². The highest BCUT2D eigenvalue weighted by Crippen LogP contribution is 2.74. The average molecular weight is 563 g/mol. The van der Waals surface area contributed by atoms with Gasteiger partial charge in [0.25, 0.3) is 0 Å². The fourth-order valence-electron chi connectivity index (χ4n) is 10.7. The van der Waals surface area contributed by atoms with Crippen LogP contribution in [0, 0.1) is 67.6 Å². The Bertz CT molecular complexity index is 1500. The lowest BCUT2D eigenvalue weighted by atomic mass is 9.35. The van der Waals surface area contributed by atoms with Gasteiger partial charge in [0.2, 0.25) is 6.19 Å². The number of nitrogens with zero attached hydrogens (tertiary/aromatic N) is 3. The van der Waals surface area contributed by atoms with Gasteiger partial charge in [0.1, 0.15) is 16.0 Å². The highest BCUT2D eigenvalue weighted by Gasteiger charge is 2.71. The van der Waals surface area contributed by atoms with Gasteiger partial charge in [-0.1, -0.05) is 46.3 Å². The third kappa shape index (κ3) is 3.45. The molecule has 0 amide bonds. The van der Waals surface area contributed by atoms with Crippen LogP contribution in [0.2, 0.25) is 0 Å². The van der Waals surface area contributed by atoms with Crippen molar-refractivity contribution in [3.8, 4) is 12.3 Å². The smallest absolute Gasteiger partial charge is 0.215 e. The van der Waals surface area contributed by atoms with Crippen molar-refractivity contribution in [3.05, 3.63) is 23.3 Å². The summed E-state index contributed by atoms with van der Waals surface area (Å²) in [6.45, 7) is 10.7. The summed E-state index contributed by atoms with van der Waals surface area (Å²) in [5, 5.41) is 19.1. The van der Waals surface area contributed by atoms with Gasteiger partial charge in [-0.05, 0) is 91.9 Å². The zero-order valence-electron chi connectivity index (χ0n) is 24.7. The maximum absolute atomic E-state index is 14.5. The van der Waals surface area contributed by atoms with Crippen molar-refractivity contribution < 1.29 is 13.8 Å². The quantitative estimate of drug-likeness (QED) is 0.426. The Balaban J connectivity index is 1.51. The van der Waals surface area contributed by atoms with Crippen molar-refractivity contribution in [3.63, 3.8) is 0 Å². The molecule has 40 heavy (non-hydrogen) atoms. The number of Topliss-reactive ketones (excluding diaryl/α,β-unsaturated/α-hetero) is 1. The van der Waals surface area contributed by atoms with Gasteiger partial charge in [-0.25, -0.2) is 8.93 Å². The Labute approximate surface area is 239 Å². The number of ketones is 2. The predicted molar refractivity (Wildman–Crippen MR) is 152 cm³/mol. The van der Waals surface area contributed by atoms with Crippen molar-refractivity contribution in [2.24, 2.45) is 49.2 Å². The molecule has 4 fully saturated rings. The SMILES string of the molecule is CC1(C)C(=O)C(C#N)=C[C@]2(C)C3=CC(=O)[C@@H]4C5CC6(CC6)CC[C@]5(NS(C)(=O)=NC#N)CC[C@@]4(C)[C@]3(C)CC[C@@H]12. The predicted octanol–water partition coefficient (Wildman–Crippen LogP) is 5.80. The van der Waals surface area contributed by atoms with E-state index in [1.807, 2.05) is 26.0 Å². The largest absolute Gasteiger partial charge is 0.295 e. The zero-order valence-corrected chi connectivity index (χ0v) is 25.5. The molecule has 6 rings (SSSR count). The number of nitrogens with one attached hydrogen (secondary N) is 1. The summed E-state index contributed by atoms with van der Waals surface area (Å²) in [7, 11) is -2.93. The second kappa shape index (κ2) is 8.17. The van der Waals surface area contributed by atoms with Crippen LogP contribution in [0.5, 0.6) is 0 Å². The van der Waals surface area contributed by atoms with E-state index in [1.54, 1.807) is 6.19 Å². The van der Waals surface area contributed by atoms with Gasteiger partial charge in [-0.15, -0.1) is 4.36 Å². The van der Waals surface area contributed by atoms with Gasteiger partial charge in [-0.3, -0.25) is 9.59 Å². The number of carbonyl (C=O) groups excluding carboxylic acids is 2. The van der Waals surface area contributed by atoms with Crippen LogP contribution < -0.4 is 4.72 Å². The molecule has 0 radical (unpaired) electrons. The number of rotatable bonds is 2. The van der Waals surface area contributed by atoms with E-state index in [1.165, 1.54) is 19.1 Å². The topological polar surface area (TPSA) is 123 Å². The van der Waals surface area contributed by atoms with E-state index < -0.39 is 26.3 Å².